The largest absolute Gasteiger partial charge is 0.741 e. The summed E-state index contributed by atoms with van der Waals surface area (Å²) in [6, 6.07) is 45.4. The molecule has 0 amide bonds. The van der Waals surface area contributed by atoms with E-state index in [2.05, 4.69) is 138 Å². The molecule has 40 heavy (non-hydrogen) atoms. The fourth-order valence-electron chi connectivity index (χ4n) is 4.67. The van der Waals surface area contributed by atoms with E-state index in [9.17, 15) is 13.2 Å². The van der Waals surface area contributed by atoms with E-state index in [1.807, 2.05) is 0 Å². The van der Waals surface area contributed by atoms with E-state index in [1.54, 1.807) is 0 Å². The van der Waals surface area contributed by atoms with Crippen LogP contribution in [0.25, 0.3) is 49.8 Å². The third-order valence-electron chi connectivity index (χ3n) is 6.41. The monoisotopic (exact) mass is 557 g/mol. The summed E-state index contributed by atoms with van der Waals surface area (Å²) in [4.78, 5) is 0. The van der Waals surface area contributed by atoms with Crippen LogP contribution in [-0.4, -0.2) is 18.5 Å². The highest BCUT2D eigenvalue weighted by molar-refractivity contribution is 7.86. The van der Waals surface area contributed by atoms with Gasteiger partial charge in [0.2, 0.25) is 11.0 Å². The van der Waals surface area contributed by atoms with Crippen molar-refractivity contribution in [3.05, 3.63) is 134 Å². The molecule has 0 atom stereocenters. The number of alkyl halides is 3. The number of pyridine rings is 2. The quantitative estimate of drug-likeness (QED) is 0.0973. The molecule has 0 aliphatic heterocycles. The van der Waals surface area contributed by atoms with Crippen molar-refractivity contribution in [2.24, 2.45) is 0 Å². The minimum Gasteiger partial charge on any atom is -0.741 e. The molecule has 0 aliphatic rings. The van der Waals surface area contributed by atoms with Crippen LogP contribution in [0.2, 0.25) is 0 Å². The summed E-state index contributed by atoms with van der Waals surface area (Å²) < 4.78 is 61.2. The van der Waals surface area contributed by atoms with Gasteiger partial charge in [-0.1, -0.05) is 103 Å². The van der Waals surface area contributed by atoms with Crippen LogP contribution in [0.15, 0.2) is 134 Å². The molecule has 200 valence electrons. The van der Waals surface area contributed by atoms with Gasteiger partial charge < -0.3 is 4.55 Å². The first kappa shape index (κ1) is 27.1. The Morgan fingerprint density at radius 2 is 1.00 bits per heavy atom. The smallest absolute Gasteiger partial charge is 0.485 e. The number of halogens is 3. The third-order valence-corrected chi connectivity index (χ3v) is 6.98. The molecular weight excluding hydrogens is 535 g/mol. The summed E-state index contributed by atoms with van der Waals surface area (Å²) in [5.74, 6) is 0. The van der Waals surface area contributed by atoms with Gasteiger partial charge in [0.25, 0.3) is 0 Å². The van der Waals surface area contributed by atoms with E-state index in [0.717, 1.165) is 0 Å². The molecule has 0 spiro atoms. The van der Waals surface area contributed by atoms with E-state index >= 15 is 0 Å². The van der Waals surface area contributed by atoms with Crippen molar-refractivity contribution >= 4 is 26.5 Å². The molecule has 0 bridgehead atoms. The molecule has 4 nitrogen and oxygen atoms in total. The highest BCUT2D eigenvalue weighted by Gasteiger charge is 2.37. The Hall–Kier alpha value is -4.53. The normalized spacial score (nSPS) is 11.7. The SMILES string of the molecule is O=S(=O)([O-])C(F)(F)F.c1ccc(-c2cc[n+]3c(c2)c(-c2ccccc2)c(-c2ccccc2)c2ccccc23)cc1. The minimum absolute atomic E-state index is 1.20. The van der Waals surface area contributed by atoms with E-state index in [-0.39, 0.29) is 0 Å². The van der Waals surface area contributed by atoms with Crippen molar-refractivity contribution in [2.45, 2.75) is 5.51 Å². The van der Waals surface area contributed by atoms with Crippen molar-refractivity contribution < 1.29 is 30.5 Å². The number of para-hydroxylation sites is 1. The van der Waals surface area contributed by atoms with Crippen molar-refractivity contribution in [3.63, 3.8) is 0 Å². The zero-order chi connectivity index (χ0) is 28.3. The average Bonchev–Trinajstić information content (AvgIpc) is 2.97. The molecule has 0 unspecified atom stereocenters. The number of rotatable bonds is 3. The second-order valence-electron chi connectivity index (χ2n) is 8.94. The first-order chi connectivity index (χ1) is 19.1. The number of hydrogen-bond donors (Lipinski definition) is 0. The molecule has 0 saturated carbocycles. The summed E-state index contributed by atoms with van der Waals surface area (Å²) >= 11 is 0. The van der Waals surface area contributed by atoms with Gasteiger partial charge >= 0.3 is 5.51 Å². The van der Waals surface area contributed by atoms with Crippen molar-refractivity contribution in [2.75, 3.05) is 0 Å². The van der Waals surface area contributed by atoms with Gasteiger partial charge in [-0.3, -0.25) is 0 Å². The Bertz CT molecular complexity index is 1890. The van der Waals surface area contributed by atoms with Crippen molar-refractivity contribution in [3.8, 4) is 33.4 Å². The van der Waals surface area contributed by atoms with E-state index in [0.29, 0.717) is 0 Å². The maximum atomic E-state index is 10.7. The number of hydrogen-bond acceptors (Lipinski definition) is 3. The van der Waals surface area contributed by atoms with Crippen LogP contribution < -0.4 is 4.40 Å². The van der Waals surface area contributed by atoms with Crippen LogP contribution in [0.5, 0.6) is 0 Å². The number of nitrogens with zero attached hydrogens (tertiary/aromatic N) is 1. The molecule has 6 rings (SSSR count). The first-order valence-electron chi connectivity index (χ1n) is 12.2. The lowest BCUT2D eigenvalue weighted by molar-refractivity contribution is -0.481. The van der Waals surface area contributed by atoms with Gasteiger partial charge in [0.15, 0.2) is 16.3 Å². The Balaban J connectivity index is 0.000000355. The molecular formula is C32H22F3NO3S. The van der Waals surface area contributed by atoms with E-state index in [4.69, 9.17) is 13.0 Å². The molecule has 2 aromatic heterocycles. The summed E-state index contributed by atoms with van der Waals surface area (Å²) in [6.07, 6.45) is 2.21. The fraction of sp³-hybridized carbons (Fsp3) is 0.0312. The van der Waals surface area contributed by atoms with Crippen molar-refractivity contribution in [1.29, 1.82) is 0 Å². The Morgan fingerprint density at radius 3 is 1.52 bits per heavy atom. The molecule has 4 aromatic carbocycles. The predicted octanol–water partition coefficient (Wildman–Crippen LogP) is 7.63. The zero-order valence-electron chi connectivity index (χ0n) is 20.9. The molecule has 8 heteroatoms. The van der Waals surface area contributed by atoms with E-state index in [1.165, 1.54) is 49.8 Å². The fourth-order valence-corrected chi connectivity index (χ4v) is 4.67. The van der Waals surface area contributed by atoms with Gasteiger partial charge in [-0.2, -0.15) is 17.6 Å². The van der Waals surface area contributed by atoms with Gasteiger partial charge in [-0.05, 0) is 28.3 Å². The lowest BCUT2D eigenvalue weighted by atomic mass is 9.90. The average molecular weight is 558 g/mol. The highest BCUT2D eigenvalue weighted by Crippen LogP contribution is 2.40. The summed E-state index contributed by atoms with van der Waals surface area (Å²) in [5.41, 5.74) is 4.20. The highest BCUT2D eigenvalue weighted by atomic mass is 32.2. The van der Waals surface area contributed by atoms with Gasteiger partial charge in [-0.15, -0.1) is 0 Å². The van der Waals surface area contributed by atoms with Gasteiger partial charge in [0, 0.05) is 23.8 Å². The van der Waals surface area contributed by atoms with E-state index < -0.39 is 15.6 Å². The molecule has 0 N–H and O–H groups in total. The Labute approximate surface area is 229 Å². The predicted molar refractivity (Wildman–Crippen MR) is 149 cm³/mol. The second-order valence-corrected chi connectivity index (χ2v) is 10.3. The van der Waals surface area contributed by atoms with Crippen LogP contribution in [0.3, 0.4) is 0 Å². The molecule has 0 saturated heterocycles. The molecule has 6 aromatic rings. The second kappa shape index (κ2) is 10.9. The maximum absolute atomic E-state index is 10.7. The molecule has 0 radical (unpaired) electrons. The number of benzene rings is 4. The van der Waals surface area contributed by atoms with Crippen LogP contribution in [0.4, 0.5) is 13.2 Å². The third kappa shape index (κ3) is 5.45. The van der Waals surface area contributed by atoms with Crippen LogP contribution in [0.1, 0.15) is 0 Å². The Morgan fingerprint density at radius 1 is 0.550 bits per heavy atom. The molecule has 2 heterocycles. The van der Waals surface area contributed by atoms with Crippen molar-refractivity contribution in [1.82, 2.24) is 0 Å². The number of fused-ring (bicyclic) bond motifs is 3. The van der Waals surface area contributed by atoms with Crippen LogP contribution >= 0.6 is 0 Å². The maximum Gasteiger partial charge on any atom is 0.485 e. The number of aromatic nitrogens is 1. The Kier molecular flexibility index (Phi) is 7.38. The molecule has 0 aliphatic carbocycles. The van der Waals surface area contributed by atoms with Crippen LogP contribution in [-0.2, 0) is 10.1 Å². The van der Waals surface area contributed by atoms with Crippen LogP contribution in [0, 0.1) is 0 Å². The summed E-state index contributed by atoms with van der Waals surface area (Å²) in [7, 11) is -6.09. The lowest BCUT2D eigenvalue weighted by Crippen LogP contribution is -2.24. The summed E-state index contributed by atoms with van der Waals surface area (Å²) in [6.45, 7) is 0. The minimum atomic E-state index is -6.09. The lowest BCUT2D eigenvalue weighted by Gasteiger charge is -2.14. The topological polar surface area (TPSA) is 61.3 Å². The van der Waals surface area contributed by atoms with Gasteiger partial charge in [-0.25, -0.2) is 8.42 Å². The standard InChI is InChI=1S/C31H22N.CHF3O3S/c1-4-12-23(13-5-1)26-20-21-32-28-19-11-10-18-27(28)30(24-14-6-2-7-15-24)31(29(32)22-26)25-16-8-3-9-17-25;2-1(3,4)8(5,6)7/h1-22H;(H,5,6,7)/q+1;/p-1. The van der Waals surface area contributed by atoms with Gasteiger partial charge in [0.05, 0.1) is 10.9 Å². The summed E-state index contributed by atoms with van der Waals surface area (Å²) in [5, 5.41) is 1.25. The van der Waals surface area contributed by atoms with Gasteiger partial charge in [0.1, 0.15) is 0 Å². The zero-order valence-corrected chi connectivity index (χ0v) is 21.7. The first-order valence-corrected chi connectivity index (χ1v) is 13.6. The molecule has 0 fully saturated rings.